The minimum absolute atomic E-state index is 0.194. The number of pyridine rings is 2. The lowest BCUT2D eigenvalue weighted by molar-refractivity contribution is -0.0286. The number of methoxy groups -OCH3 is 1. The molecule has 9 nitrogen and oxygen atoms in total. The predicted molar refractivity (Wildman–Crippen MR) is 134 cm³/mol. The van der Waals surface area contributed by atoms with Crippen LogP contribution in [0, 0.1) is 6.92 Å². The maximum Gasteiger partial charge on any atom is 0.269 e. The molecular weight excluding hydrogens is 478 g/mol. The molecule has 0 bridgehead atoms. The van der Waals surface area contributed by atoms with E-state index in [-0.39, 0.29) is 10.9 Å². The van der Waals surface area contributed by atoms with Crippen LogP contribution < -0.4 is 4.74 Å². The van der Waals surface area contributed by atoms with Gasteiger partial charge in [-0.1, -0.05) is 17.7 Å². The molecule has 36 heavy (non-hydrogen) atoms. The monoisotopic (exact) mass is 501 g/mol. The van der Waals surface area contributed by atoms with Crippen molar-refractivity contribution >= 4 is 21.1 Å². The number of ether oxygens (including phenoxy) is 2. The van der Waals surface area contributed by atoms with Crippen LogP contribution in [0.2, 0.25) is 0 Å². The van der Waals surface area contributed by atoms with E-state index in [1.54, 1.807) is 62.2 Å². The van der Waals surface area contributed by atoms with Crippen molar-refractivity contribution < 1.29 is 17.9 Å². The molecule has 1 aromatic carbocycles. The first-order valence-corrected chi connectivity index (χ1v) is 12.8. The number of aryl methyl sites for hydroxylation is 1. The Kier molecular flexibility index (Phi) is 5.35. The summed E-state index contributed by atoms with van der Waals surface area (Å²) < 4.78 is 40.9. The van der Waals surface area contributed by atoms with E-state index in [0.717, 1.165) is 22.3 Å². The van der Waals surface area contributed by atoms with Crippen molar-refractivity contribution in [2.75, 3.05) is 20.3 Å². The highest BCUT2D eigenvalue weighted by atomic mass is 32.2. The van der Waals surface area contributed by atoms with Crippen LogP contribution >= 0.6 is 0 Å². The normalized spacial score (nSPS) is 14.2. The zero-order valence-electron chi connectivity index (χ0n) is 19.7. The van der Waals surface area contributed by atoms with E-state index >= 15 is 0 Å². The maximum atomic E-state index is 13.6. The second-order valence-corrected chi connectivity index (χ2v) is 10.6. The summed E-state index contributed by atoms with van der Waals surface area (Å²) in [5.74, 6) is 0.473. The maximum absolute atomic E-state index is 13.6. The molecule has 6 rings (SSSR count). The minimum Gasteiger partial charge on any atom is -0.481 e. The first-order valence-electron chi connectivity index (χ1n) is 11.4. The Morgan fingerprint density at radius 1 is 0.944 bits per heavy atom. The molecule has 182 valence electrons. The van der Waals surface area contributed by atoms with Crippen molar-refractivity contribution in [3.05, 3.63) is 79.0 Å². The lowest BCUT2D eigenvalue weighted by Gasteiger charge is -2.25. The number of hydrogen-bond donors (Lipinski definition) is 0. The van der Waals surface area contributed by atoms with Crippen molar-refractivity contribution in [2.24, 2.45) is 0 Å². The average Bonchev–Trinajstić information content (AvgIpc) is 3.49. The van der Waals surface area contributed by atoms with Crippen molar-refractivity contribution in [1.29, 1.82) is 0 Å². The first kappa shape index (κ1) is 22.4. The molecule has 0 radical (unpaired) electrons. The van der Waals surface area contributed by atoms with Crippen LogP contribution in [-0.2, 0) is 14.8 Å². The fourth-order valence-corrected chi connectivity index (χ4v) is 5.52. The second-order valence-electron chi connectivity index (χ2n) is 8.74. The summed E-state index contributed by atoms with van der Waals surface area (Å²) in [7, 11) is -2.33. The van der Waals surface area contributed by atoms with E-state index in [1.165, 1.54) is 3.97 Å². The van der Waals surface area contributed by atoms with Crippen molar-refractivity contribution in [2.45, 2.75) is 17.9 Å². The average molecular weight is 502 g/mol. The molecule has 0 N–H and O–H groups in total. The van der Waals surface area contributed by atoms with Crippen LogP contribution in [0.3, 0.4) is 0 Å². The molecule has 1 saturated heterocycles. The lowest BCUT2D eigenvalue weighted by atomic mass is 10.1. The zero-order chi connectivity index (χ0) is 24.9. The van der Waals surface area contributed by atoms with Crippen LogP contribution in [0.1, 0.15) is 11.6 Å². The van der Waals surface area contributed by atoms with Gasteiger partial charge in [0.25, 0.3) is 10.0 Å². The largest absolute Gasteiger partial charge is 0.481 e. The molecule has 1 aliphatic heterocycles. The lowest BCUT2D eigenvalue weighted by Crippen LogP contribution is -2.30. The molecule has 5 aromatic rings. The summed E-state index contributed by atoms with van der Waals surface area (Å²) in [6.45, 7) is 3.21. The van der Waals surface area contributed by atoms with Gasteiger partial charge in [-0.25, -0.2) is 22.4 Å². The smallest absolute Gasteiger partial charge is 0.269 e. The Hall–Kier alpha value is -4.02. The third-order valence-electron chi connectivity index (χ3n) is 6.38. The number of rotatable bonds is 6. The molecule has 0 atom stereocenters. The number of nitrogens with zero attached hydrogens (tertiary/aromatic N) is 5. The van der Waals surface area contributed by atoms with E-state index in [4.69, 9.17) is 9.47 Å². The fraction of sp³-hybridized carbons (Fsp3) is 0.192. The third-order valence-corrected chi connectivity index (χ3v) is 8.04. The van der Waals surface area contributed by atoms with Crippen LogP contribution in [0.5, 0.6) is 5.88 Å². The summed E-state index contributed by atoms with van der Waals surface area (Å²) in [5.41, 5.74) is 4.49. The fourth-order valence-electron chi connectivity index (χ4n) is 4.20. The van der Waals surface area contributed by atoms with Crippen LogP contribution in [0.25, 0.3) is 33.3 Å². The Balaban J connectivity index is 1.52. The molecule has 0 aliphatic carbocycles. The van der Waals surface area contributed by atoms with E-state index in [2.05, 4.69) is 15.1 Å². The van der Waals surface area contributed by atoms with E-state index < -0.39 is 10.0 Å². The highest BCUT2D eigenvalue weighted by molar-refractivity contribution is 7.90. The van der Waals surface area contributed by atoms with Gasteiger partial charge in [-0.15, -0.1) is 0 Å². The van der Waals surface area contributed by atoms with Gasteiger partial charge < -0.3 is 9.47 Å². The standard InChI is InChI=1S/C26H23N5O4S/c1-17-3-6-22(7-4-17)36(32,33)31-14-24(18-5-8-25(34-2)27-10-18)23-9-19(11-28-26(23)31)20-12-29-30(13-20)21-15-35-16-21/h3-14,21H,15-16H2,1-2H3. The highest BCUT2D eigenvalue weighted by Gasteiger charge is 2.24. The third kappa shape index (κ3) is 3.75. The van der Waals surface area contributed by atoms with Gasteiger partial charge in [-0.3, -0.25) is 4.68 Å². The van der Waals surface area contributed by atoms with E-state index in [0.29, 0.717) is 35.7 Å². The van der Waals surface area contributed by atoms with Crippen LogP contribution in [0.15, 0.2) is 78.3 Å². The number of benzene rings is 1. The molecule has 4 aromatic heterocycles. The van der Waals surface area contributed by atoms with Crippen molar-refractivity contribution in [3.63, 3.8) is 0 Å². The van der Waals surface area contributed by atoms with Gasteiger partial charge in [0, 0.05) is 58.5 Å². The van der Waals surface area contributed by atoms with Crippen LogP contribution in [-0.4, -0.2) is 52.5 Å². The molecule has 1 aliphatic rings. The summed E-state index contributed by atoms with van der Waals surface area (Å²) >= 11 is 0. The van der Waals surface area contributed by atoms with Gasteiger partial charge in [0.2, 0.25) is 5.88 Å². The molecule has 0 spiro atoms. The van der Waals surface area contributed by atoms with E-state index in [1.807, 2.05) is 29.9 Å². The molecule has 0 unspecified atom stereocenters. The molecule has 5 heterocycles. The van der Waals surface area contributed by atoms with Gasteiger partial charge in [0.05, 0.1) is 37.5 Å². The molecule has 10 heteroatoms. The van der Waals surface area contributed by atoms with Crippen molar-refractivity contribution in [3.8, 4) is 28.1 Å². The van der Waals surface area contributed by atoms with E-state index in [9.17, 15) is 8.42 Å². The van der Waals surface area contributed by atoms with Crippen molar-refractivity contribution in [1.82, 2.24) is 23.7 Å². The quantitative estimate of drug-likeness (QED) is 0.345. The molecule has 0 saturated carbocycles. The Morgan fingerprint density at radius 3 is 2.39 bits per heavy atom. The summed E-state index contributed by atoms with van der Waals surface area (Å²) in [6.07, 6.45) is 8.70. The Bertz CT molecular complexity index is 1670. The predicted octanol–water partition coefficient (Wildman–Crippen LogP) is 4.09. The van der Waals surface area contributed by atoms with Gasteiger partial charge >= 0.3 is 0 Å². The zero-order valence-corrected chi connectivity index (χ0v) is 20.5. The Morgan fingerprint density at radius 2 is 1.72 bits per heavy atom. The number of fused-ring (bicyclic) bond motifs is 1. The Labute approximate surface area is 208 Å². The SMILES string of the molecule is COc1ccc(-c2cn(S(=O)(=O)c3ccc(C)cc3)c3ncc(-c4cnn(C5COC5)c4)cc23)cn1. The first-order chi connectivity index (χ1) is 17.4. The van der Waals surface area contributed by atoms with Crippen LogP contribution in [0.4, 0.5) is 0 Å². The van der Waals surface area contributed by atoms with Gasteiger partial charge in [-0.2, -0.15) is 5.10 Å². The van der Waals surface area contributed by atoms with Gasteiger partial charge in [-0.05, 0) is 31.2 Å². The molecule has 1 fully saturated rings. The minimum atomic E-state index is -3.88. The number of hydrogen-bond acceptors (Lipinski definition) is 7. The van der Waals surface area contributed by atoms with Gasteiger partial charge in [0.15, 0.2) is 5.65 Å². The number of aromatic nitrogens is 5. The summed E-state index contributed by atoms with van der Waals surface area (Å²) in [4.78, 5) is 9.12. The topological polar surface area (TPSA) is 101 Å². The summed E-state index contributed by atoms with van der Waals surface area (Å²) in [5, 5.41) is 5.16. The summed E-state index contributed by atoms with van der Waals surface area (Å²) in [6, 6.07) is 12.6. The second kappa shape index (κ2) is 8.58. The highest BCUT2D eigenvalue weighted by Crippen LogP contribution is 2.35. The van der Waals surface area contributed by atoms with Gasteiger partial charge in [0.1, 0.15) is 0 Å². The molecular formula is C26H23N5O4S. The molecule has 0 amide bonds.